The molecule has 1 rings (SSSR count). The quantitative estimate of drug-likeness (QED) is 0.726. The molecule has 12 heavy (non-hydrogen) atoms. The first-order chi connectivity index (χ1) is 5.86. The minimum absolute atomic E-state index is 0.758. The predicted molar refractivity (Wildman–Crippen MR) is 57.9 cm³/mol. The fraction of sp³-hybridized carbons (Fsp3) is 1.00. The van der Waals surface area contributed by atoms with Crippen LogP contribution in [0.25, 0.3) is 0 Å². The molecule has 1 atom stereocenters. The molecule has 0 spiro atoms. The SMILES string of the molecule is CCC(CC)NC1CCCSC1. The molecule has 0 radical (unpaired) electrons. The van der Waals surface area contributed by atoms with Gasteiger partial charge in [0.1, 0.15) is 0 Å². The predicted octanol–water partition coefficient (Wildman–Crippen LogP) is 2.66. The van der Waals surface area contributed by atoms with Gasteiger partial charge in [-0.3, -0.25) is 0 Å². The molecule has 1 N–H and O–H groups in total. The van der Waals surface area contributed by atoms with Gasteiger partial charge in [-0.2, -0.15) is 11.8 Å². The molecule has 0 aromatic rings. The second-order valence-corrected chi connectivity index (χ2v) is 4.74. The number of nitrogens with one attached hydrogen (secondary N) is 1. The Bertz CT molecular complexity index is 106. The van der Waals surface area contributed by atoms with Crippen LogP contribution in [0.2, 0.25) is 0 Å². The van der Waals surface area contributed by atoms with E-state index in [-0.39, 0.29) is 0 Å². The van der Waals surface area contributed by atoms with Gasteiger partial charge in [0, 0.05) is 17.8 Å². The van der Waals surface area contributed by atoms with Crippen LogP contribution < -0.4 is 5.32 Å². The van der Waals surface area contributed by atoms with Crippen molar-refractivity contribution in [1.82, 2.24) is 5.32 Å². The summed E-state index contributed by atoms with van der Waals surface area (Å²) in [4.78, 5) is 0. The van der Waals surface area contributed by atoms with Gasteiger partial charge in [-0.15, -0.1) is 0 Å². The first kappa shape index (κ1) is 10.4. The van der Waals surface area contributed by atoms with E-state index in [1.54, 1.807) is 0 Å². The van der Waals surface area contributed by atoms with Gasteiger partial charge in [0.15, 0.2) is 0 Å². The topological polar surface area (TPSA) is 12.0 Å². The van der Waals surface area contributed by atoms with Crippen molar-refractivity contribution in [1.29, 1.82) is 0 Å². The van der Waals surface area contributed by atoms with Crippen LogP contribution in [0.1, 0.15) is 39.5 Å². The Labute approximate surface area is 80.7 Å². The summed E-state index contributed by atoms with van der Waals surface area (Å²) >= 11 is 2.10. The van der Waals surface area contributed by atoms with Crippen molar-refractivity contribution in [2.75, 3.05) is 11.5 Å². The van der Waals surface area contributed by atoms with E-state index in [1.165, 1.54) is 37.2 Å². The molecule has 1 aliphatic heterocycles. The lowest BCUT2D eigenvalue weighted by molar-refractivity contribution is 0.407. The molecular weight excluding hydrogens is 166 g/mol. The summed E-state index contributed by atoms with van der Waals surface area (Å²) in [5.41, 5.74) is 0. The molecule has 0 amide bonds. The summed E-state index contributed by atoms with van der Waals surface area (Å²) in [6.07, 6.45) is 5.35. The van der Waals surface area contributed by atoms with E-state index in [2.05, 4.69) is 30.9 Å². The fourth-order valence-corrected chi connectivity index (χ4v) is 2.81. The molecule has 1 fully saturated rings. The third kappa shape index (κ3) is 3.36. The summed E-state index contributed by atoms with van der Waals surface area (Å²) < 4.78 is 0. The standard InChI is InChI=1S/C10H21NS/c1-3-9(4-2)11-10-6-5-7-12-8-10/h9-11H,3-8H2,1-2H3. The molecular formula is C10H21NS. The van der Waals surface area contributed by atoms with E-state index < -0.39 is 0 Å². The number of rotatable bonds is 4. The first-order valence-electron chi connectivity index (χ1n) is 5.20. The van der Waals surface area contributed by atoms with Crippen molar-refractivity contribution in [3.05, 3.63) is 0 Å². The Morgan fingerprint density at radius 3 is 2.67 bits per heavy atom. The molecule has 0 aromatic heterocycles. The summed E-state index contributed by atoms with van der Waals surface area (Å²) in [5.74, 6) is 2.71. The highest BCUT2D eigenvalue weighted by molar-refractivity contribution is 7.99. The van der Waals surface area contributed by atoms with Gasteiger partial charge < -0.3 is 5.32 Å². The van der Waals surface area contributed by atoms with Gasteiger partial charge in [-0.25, -0.2) is 0 Å². The zero-order valence-electron chi connectivity index (χ0n) is 8.31. The Balaban J connectivity index is 2.18. The highest BCUT2D eigenvalue weighted by atomic mass is 32.2. The van der Waals surface area contributed by atoms with Crippen molar-refractivity contribution in [2.24, 2.45) is 0 Å². The number of hydrogen-bond donors (Lipinski definition) is 1. The highest BCUT2D eigenvalue weighted by Crippen LogP contribution is 2.17. The van der Waals surface area contributed by atoms with Crippen molar-refractivity contribution in [3.63, 3.8) is 0 Å². The van der Waals surface area contributed by atoms with Crippen molar-refractivity contribution < 1.29 is 0 Å². The minimum atomic E-state index is 0.758. The smallest absolute Gasteiger partial charge is 0.0161 e. The van der Waals surface area contributed by atoms with Gasteiger partial charge in [0.2, 0.25) is 0 Å². The van der Waals surface area contributed by atoms with Gasteiger partial charge >= 0.3 is 0 Å². The molecule has 0 bridgehead atoms. The molecule has 72 valence electrons. The summed E-state index contributed by atoms with van der Waals surface area (Å²) in [5, 5.41) is 3.73. The molecule has 1 heterocycles. The Morgan fingerprint density at radius 2 is 2.17 bits per heavy atom. The van der Waals surface area contributed by atoms with Crippen LogP contribution >= 0.6 is 11.8 Å². The van der Waals surface area contributed by atoms with Crippen LogP contribution in [0.3, 0.4) is 0 Å². The van der Waals surface area contributed by atoms with Crippen LogP contribution in [0.15, 0.2) is 0 Å². The lowest BCUT2D eigenvalue weighted by Crippen LogP contribution is -2.40. The van der Waals surface area contributed by atoms with Gasteiger partial charge in [-0.05, 0) is 31.4 Å². The molecule has 0 saturated carbocycles. The fourth-order valence-electron chi connectivity index (χ4n) is 1.73. The maximum atomic E-state index is 3.73. The monoisotopic (exact) mass is 187 g/mol. The van der Waals surface area contributed by atoms with Gasteiger partial charge in [0.25, 0.3) is 0 Å². The summed E-state index contributed by atoms with van der Waals surface area (Å²) in [6, 6.07) is 1.56. The molecule has 1 unspecified atom stereocenters. The molecule has 0 aliphatic carbocycles. The normalized spacial score (nSPS) is 24.8. The average molecular weight is 187 g/mol. The lowest BCUT2D eigenvalue weighted by atomic mass is 10.1. The Morgan fingerprint density at radius 1 is 1.42 bits per heavy atom. The maximum Gasteiger partial charge on any atom is 0.0161 e. The molecule has 1 nitrogen and oxygen atoms in total. The first-order valence-corrected chi connectivity index (χ1v) is 6.36. The van der Waals surface area contributed by atoms with E-state index in [4.69, 9.17) is 0 Å². The third-order valence-electron chi connectivity index (χ3n) is 2.62. The second-order valence-electron chi connectivity index (χ2n) is 3.59. The van der Waals surface area contributed by atoms with E-state index >= 15 is 0 Å². The summed E-state index contributed by atoms with van der Waals surface area (Å²) in [6.45, 7) is 4.55. The third-order valence-corrected chi connectivity index (χ3v) is 3.83. The second kappa shape index (κ2) is 5.87. The van der Waals surface area contributed by atoms with Crippen molar-refractivity contribution in [3.8, 4) is 0 Å². The molecule has 1 saturated heterocycles. The van der Waals surface area contributed by atoms with Crippen LogP contribution in [-0.2, 0) is 0 Å². The number of thioether (sulfide) groups is 1. The lowest BCUT2D eigenvalue weighted by Gasteiger charge is -2.27. The van der Waals surface area contributed by atoms with Gasteiger partial charge in [-0.1, -0.05) is 13.8 Å². The average Bonchev–Trinajstić information content (AvgIpc) is 2.16. The van der Waals surface area contributed by atoms with E-state index in [1.807, 2.05) is 0 Å². The molecule has 2 heteroatoms. The largest absolute Gasteiger partial charge is 0.310 e. The van der Waals surface area contributed by atoms with E-state index in [0.29, 0.717) is 0 Å². The zero-order chi connectivity index (χ0) is 8.81. The van der Waals surface area contributed by atoms with Crippen molar-refractivity contribution >= 4 is 11.8 Å². The van der Waals surface area contributed by atoms with Crippen LogP contribution in [0.4, 0.5) is 0 Å². The van der Waals surface area contributed by atoms with Crippen LogP contribution in [0.5, 0.6) is 0 Å². The Hall–Kier alpha value is 0.310. The highest BCUT2D eigenvalue weighted by Gasteiger charge is 2.15. The molecule has 1 aliphatic rings. The van der Waals surface area contributed by atoms with Crippen molar-refractivity contribution in [2.45, 2.75) is 51.6 Å². The summed E-state index contributed by atoms with van der Waals surface area (Å²) in [7, 11) is 0. The number of hydrogen-bond acceptors (Lipinski definition) is 2. The Kier molecular flexibility index (Phi) is 5.08. The van der Waals surface area contributed by atoms with Crippen LogP contribution in [-0.4, -0.2) is 23.6 Å². The van der Waals surface area contributed by atoms with E-state index in [0.717, 1.165) is 12.1 Å². The zero-order valence-corrected chi connectivity index (χ0v) is 9.12. The molecule has 0 aromatic carbocycles. The minimum Gasteiger partial charge on any atom is -0.310 e. The van der Waals surface area contributed by atoms with E-state index in [9.17, 15) is 0 Å². The maximum absolute atomic E-state index is 3.73. The van der Waals surface area contributed by atoms with Gasteiger partial charge in [0.05, 0.1) is 0 Å². The van der Waals surface area contributed by atoms with Crippen LogP contribution in [0, 0.1) is 0 Å².